The minimum atomic E-state index is -0.737. The van der Waals surface area contributed by atoms with E-state index in [-0.39, 0.29) is 12.0 Å². The number of methoxy groups -OCH3 is 1. The zero-order valence-electron chi connectivity index (χ0n) is 11.7. The van der Waals surface area contributed by atoms with E-state index in [2.05, 4.69) is 12.2 Å². The molecule has 100 valence electrons. The summed E-state index contributed by atoms with van der Waals surface area (Å²) in [7, 11) is 1.44. The molecule has 0 saturated carbocycles. The van der Waals surface area contributed by atoms with Crippen molar-refractivity contribution < 1.29 is 9.53 Å². The smallest absolute Gasteiger partial charge is 0.330 e. The van der Waals surface area contributed by atoms with E-state index >= 15 is 0 Å². The highest BCUT2D eigenvalue weighted by molar-refractivity contribution is 5.82. The Labute approximate surface area is 110 Å². The number of carbonyl (C=O) groups is 1. The topological polar surface area (TPSA) is 38.3 Å². The highest BCUT2D eigenvalue weighted by atomic mass is 16.5. The van der Waals surface area contributed by atoms with Gasteiger partial charge in [0.25, 0.3) is 0 Å². The molecule has 0 heterocycles. The predicted molar refractivity (Wildman–Crippen MR) is 73.3 cm³/mol. The molecular weight excluding hydrogens is 226 g/mol. The van der Waals surface area contributed by atoms with Gasteiger partial charge in [0.1, 0.15) is 5.54 Å². The number of hydrogen-bond acceptors (Lipinski definition) is 3. The average molecular weight is 249 g/mol. The molecule has 1 N–H and O–H groups in total. The second-order valence-electron chi connectivity index (χ2n) is 4.81. The Bertz CT molecular complexity index is 375. The van der Waals surface area contributed by atoms with Crippen LogP contribution in [0.1, 0.15) is 39.2 Å². The average Bonchev–Trinajstić information content (AvgIpc) is 2.37. The molecule has 0 aliphatic heterocycles. The molecule has 0 spiro atoms. The summed E-state index contributed by atoms with van der Waals surface area (Å²) in [5.41, 5.74) is 0.228. The Morgan fingerprint density at radius 2 is 1.94 bits per heavy atom. The number of carbonyl (C=O) groups excluding carboxylic acids is 1. The Hall–Kier alpha value is -1.35. The molecule has 0 amide bonds. The molecule has 1 aromatic carbocycles. The molecule has 0 radical (unpaired) electrons. The summed E-state index contributed by atoms with van der Waals surface area (Å²) in [5.74, 6) is -0.218. The van der Waals surface area contributed by atoms with E-state index in [1.54, 1.807) is 0 Å². The minimum absolute atomic E-state index is 0.204. The van der Waals surface area contributed by atoms with Gasteiger partial charge in [-0.05, 0) is 25.8 Å². The van der Waals surface area contributed by atoms with Gasteiger partial charge in [0.15, 0.2) is 0 Å². The van der Waals surface area contributed by atoms with E-state index in [9.17, 15) is 4.79 Å². The van der Waals surface area contributed by atoms with Crippen molar-refractivity contribution in [2.24, 2.45) is 0 Å². The number of esters is 1. The fourth-order valence-electron chi connectivity index (χ4n) is 2.34. The van der Waals surface area contributed by atoms with Crippen LogP contribution in [-0.4, -0.2) is 19.1 Å². The first-order valence-corrected chi connectivity index (χ1v) is 6.48. The summed E-state index contributed by atoms with van der Waals surface area (Å²) < 4.78 is 5.02. The van der Waals surface area contributed by atoms with Crippen molar-refractivity contribution in [3.8, 4) is 0 Å². The van der Waals surface area contributed by atoms with Crippen LogP contribution in [0.3, 0.4) is 0 Å². The number of benzene rings is 1. The van der Waals surface area contributed by atoms with E-state index in [1.807, 2.05) is 44.2 Å². The lowest BCUT2D eigenvalue weighted by Crippen LogP contribution is -2.52. The molecule has 1 aromatic rings. The Balaban J connectivity index is 3.23. The fraction of sp³-hybridized carbons (Fsp3) is 0.533. The largest absolute Gasteiger partial charge is 0.467 e. The van der Waals surface area contributed by atoms with Crippen molar-refractivity contribution in [3.63, 3.8) is 0 Å². The molecule has 1 atom stereocenters. The first kappa shape index (κ1) is 14.7. The minimum Gasteiger partial charge on any atom is -0.467 e. The summed E-state index contributed by atoms with van der Waals surface area (Å²) in [6, 6.07) is 10.0. The van der Waals surface area contributed by atoms with Gasteiger partial charge < -0.3 is 4.74 Å². The zero-order valence-corrected chi connectivity index (χ0v) is 11.7. The Morgan fingerprint density at radius 3 is 2.39 bits per heavy atom. The van der Waals surface area contributed by atoms with Gasteiger partial charge in [-0.15, -0.1) is 0 Å². The van der Waals surface area contributed by atoms with Crippen LogP contribution in [0.2, 0.25) is 0 Å². The number of rotatable bonds is 6. The van der Waals surface area contributed by atoms with Crippen molar-refractivity contribution in [2.75, 3.05) is 7.11 Å². The maximum atomic E-state index is 12.3. The molecule has 3 nitrogen and oxygen atoms in total. The van der Waals surface area contributed by atoms with Crippen molar-refractivity contribution >= 4 is 5.97 Å². The molecule has 0 saturated heterocycles. The second-order valence-corrected chi connectivity index (χ2v) is 4.81. The molecule has 0 aliphatic carbocycles. The van der Waals surface area contributed by atoms with Crippen LogP contribution in [0, 0.1) is 0 Å². The van der Waals surface area contributed by atoms with E-state index in [4.69, 9.17) is 4.74 Å². The standard InChI is InChI=1S/C15H23NO2/c1-5-11-15(14(17)18-4,16-12(2)3)13-9-7-6-8-10-13/h6-10,12,16H,5,11H2,1-4H3. The lowest BCUT2D eigenvalue weighted by Gasteiger charge is -2.34. The Kier molecular flexibility index (Phi) is 5.35. The van der Waals surface area contributed by atoms with E-state index in [0.717, 1.165) is 18.4 Å². The molecule has 0 bridgehead atoms. The Morgan fingerprint density at radius 1 is 1.33 bits per heavy atom. The summed E-state index contributed by atoms with van der Waals surface area (Å²) in [4.78, 5) is 12.3. The first-order valence-electron chi connectivity index (χ1n) is 6.48. The highest BCUT2D eigenvalue weighted by Gasteiger charge is 2.40. The van der Waals surface area contributed by atoms with Gasteiger partial charge in [-0.2, -0.15) is 0 Å². The SMILES string of the molecule is CCCC(NC(C)C)(C(=O)OC)c1ccccc1. The molecule has 1 rings (SSSR count). The van der Waals surface area contributed by atoms with Crippen LogP contribution in [0.25, 0.3) is 0 Å². The van der Waals surface area contributed by atoms with Crippen LogP contribution in [-0.2, 0) is 15.1 Å². The molecule has 0 aromatic heterocycles. The third-order valence-corrected chi connectivity index (χ3v) is 2.96. The summed E-state index contributed by atoms with van der Waals surface area (Å²) in [6.07, 6.45) is 1.63. The lowest BCUT2D eigenvalue weighted by atomic mass is 9.84. The summed E-state index contributed by atoms with van der Waals surface area (Å²) in [6.45, 7) is 6.15. The van der Waals surface area contributed by atoms with Gasteiger partial charge in [-0.25, -0.2) is 4.79 Å². The van der Waals surface area contributed by atoms with Gasteiger partial charge in [-0.3, -0.25) is 5.32 Å². The van der Waals surface area contributed by atoms with Gasteiger partial charge >= 0.3 is 5.97 Å². The van der Waals surface area contributed by atoms with Gasteiger partial charge in [0, 0.05) is 6.04 Å². The molecule has 0 fully saturated rings. The maximum Gasteiger partial charge on any atom is 0.330 e. The second kappa shape index (κ2) is 6.55. The number of nitrogens with one attached hydrogen (secondary N) is 1. The number of ether oxygens (including phenoxy) is 1. The van der Waals surface area contributed by atoms with Gasteiger partial charge in [0.05, 0.1) is 7.11 Å². The lowest BCUT2D eigenvalue weighted by molar-refractivity contribution is -0.150. The van der Waals surface area contributed by atoms with Crippen LogP contribution in [0.4, 0.5) is 0 Å². The van der Waals surface area contributed by atoms with E-state index in [1.165, 1.54) is 7.11 Å². The monoisotopic (exact) mass is 249 g/mol. The highest BCUT2D eigenvalue weighted by Crippen LogP contribution is 2.28. The molecule has 0 aliphatic rings. The first-order chi connectivity index (χ1) is 8.56. The molecule has 18 heavy (non-hydrogen) atoms. The number of hydrogen-bond donors (Lipinski definition) is 1. The maximum absolute atomic E-state index is 12.3. The predicted octanol–water partition coefficient (Wildman–Crippen LogP) is 2.85. The molecule has 1 unspecified atom stereocenters. The third kappa shape index (κ3) is 3.10. The van der Waals surface area contributed by atoms with Crippen molar-refractivity contribution in [1.29, 1.82) is 0 Å². The van der Waals surface area contributed by atoms with E-state index in [0.29, 0.717) is 0 Å². The van der Waals surface area contributed by atoms with Crippen molar-refractivity contribution in [1.82, 2.24) is 5.32 Å². The van der Waals surface area contributed by atoms with Crippen LogP contribution in [0.15, 0.2) is 30.3 Å². The molecule has 3 heteroatoms. The normalized spacial score (nSPS) is 14.3. The van der Waals surface area contributed by atoms with Crippen LogP contribution < -0.4 is 5.32 Å². The van der Waals surface area contributed by atoms with E-state index < -0.39 is 5.54 Å². The van der Waals surface area contributed by atoms with Crippen molar-refractivity contribution in [2.45, 2.75) is 45.2 Å². The third-order valence-electron chi connectivity index (χ3n) is 2.96. The van der Waals surface area contributed by atoms with Gasteiger partial charge in [0.2, 0.25) is 0 Å². The van der Waals surface area contributed by atoms with Crippen molar-refractivity contribution in [3.05, 3.63) is 35.9 Å². The molecular formula is C15H23NO2. The van der Waals surface area contributed by atoms with Gasteiger partial charge in [-0.1, -0.05) is 43.7 Å². The zero-order chi connectivity index (χ0) is 13.6. The summed E-state index contributed by atoms with van der Waals surface area (Å²) in [5, 5.41) is 3.39. The fourth-order valence-corrected chi connectivity index (χ4v) is 2.34. The summed E-state index contributed by atoms with van der Waals surface area (Å²) >= 11 is 0. The van der Waals surface area contributed by atoms with Crippen LogP contribution in [0.5, 0.6) is 0 Å². The van der Waals surface area contributed by atoms with Crippen LogP contribution >= 0.6 is 0 Å². The quantitative estimate of drug-likeness (QED) is 0.788.